The molecule has 0 aromatic heterocycles. The van der Waals surface area contributed by atoms with Crippen molar-refractivity contribution in [3.63, 3.8) is 0 Å². The number of piperidine rings is 1. The van der Waals surface area contributed by atoms with Gasteiger partial charge in [0.25, 0.3) is 0 Å². The van der Waals surface area contributed by atoms with E-state index in [1.54, 1.807) is 0 Å². The normalized spacial score (nSPS) is 34.2. The van der Waals surface area contributed by atoms with Crippen LogP contribution in [-0.2, 0) is 5.60 Å². The molecule has 4 heteroatoms. The fourth-order valence-corrected chi connectivity index (χ4v) is 3.66. The zero-order valence-corrected chi connectivity index (χ0v) is 10.9. The zero-order chi connectivity index (χ0) is 13.6. The Kier molecular flexibility index (Phi) is 2.84. The summed E-state index contributed by atoms with van der Waals surface area (Å²) in [5.41, 5.74) is -0.223. The van der Waals surface area contributed by atoms with Gasteiger partial charge in [-0.25, -0.2) is 4.39 Å². The third kappa shape index (κ3) is 1.94. The summed E-state index contributed by atoms with van der Waals surface area (Å²) in [6, 6.07) is 6.79. The van der Waals surface area contributed by atoms with E-state index in [0.717, 1.165) is 12.8 Å². The number of halogens is 1. The van der Waals surface area contributed by atoms with Crippen LogP contribution in [0.15, 0.2) is 18.2 Å². The third-order valence-electron chi connectivity index (χ3n) is 4.74. The number of hydrogen-bond acceptors (Lipinski definition) is 3. The van der Waals surface area contributed by atoms with Crippen molar-refractivity contribution in [3.8, 4) is 6.07 Å². The lowest BCUT2D eigenvalue weighted by molar-refractivity contribution is -0.0496. The molecule has 3 nitrogen and oxygen atoms in total. The van der Waals surface area contributed by atoms with Crippen molar-refractivity contribution in [3.05, 3.63) is 35.1 Å². The largest absolute Gasteiger partial charge is 0.385 e. The summed E-state index contributed by atoms with van der Waals surface area (Å²) in [5, 5.41) is 20.1. The first-order chi connectivity index (χ1) is 9.03. The van der Waals surface area contributed by atoms with Gasteiger partial charge in [0.05, 0.1) is 17.2 Å². The molecule has 3 rings (SSSR count). The minimum Gasteiger partial charge on any atom is -0.385 e. The molecule has 2 saturated heterocycles. The van der Waals surface area contributed by atoms with Gasteiger partial charge < -0.3 is 10.0 Å². The molecule has 0 radical (unpaired) electrons. The van der Waals surface area contributed by atoms with Gasteiger partial charge in [-0.05, 0) is 50.9 Å². The number of benzene rings is 1. The van der Waals surface area contributed by atoms with Crippen LogP contribution in [0.1, 0.15) is 36.8 Å². The molecular formula is C15H17FN2O. The Bertz CT molecular complexity index is 538. The third-order valence-corrected chi connectivity index (χ3v) is 4.74. The van der Waals surface area contributed by atoms with Gasteiger partial charge in [0.2, 0.25) is 0 Å². The molecule has 0 aliphatic carbocycles. The lowest BCUT2D eigenvalue weighted by Gasteiger charge is -2.42. The number of nitrogens with zero attached hydrogens (tertiary/aromatic N) is 2. The van der Waals surface area contributed by atoms with E-state index in [1.807, 2.05) is 0 Å². The summed E-state index contributed by atoms with van der Waals surface area (Å²) in [4.78, 5) is 2.31. The maximum atomic E-state index is 13.5. The molecule has 2 unspecified atom stereocenters. The van der Waals surface area contributed by atoms with Gasteiger partial charge in [0.15, 0.2) is 0 Å². The van der Waals surface area contributed by atoms with Gasteiger partial charge in [-0.1, -0.05) is 0 Å². The molecule has 2 bridgehead atoms. The molecule has 2 fully saturated rings. The highest BCUT2D eigenvalue weighted by atomic mass is 19.1. The van der Waals surface area contributed by atoms with Gasteiger partial charge >= 0.3 is 0 Å². The molecular weight excluding hydrogens is 243 g/mol. The first kappa shape index (κ1) is 12.6. The van der Waals surface area contributed by atoms with Crippen LogP contribution in [0, 0.1) is 17.1 Å². The van der Waals surface area contributed by atoms with E-state index in [4.69, 9.17) is 5.26 Å². The second kappa shape index (κ2) is 4.29. The maximum absolute atomic E-state index is 13.5. The van der Waals surface area contributed by atoms with Crippen LogP contribution in [0.25, 0.3) is 0 Å². The smallest absolute Gasteiger partial charge is 0.123 e. The molecule has 0 saturated carbocycles. The predicted molar refractivity (Wildman–Crippen MR) is 68.8 cm³/mol. The van der Waals surface area contributed by atoms with E-state index >= 15 is 0 Å². The summed E-state index contributed by atoms with van der Waals surface area (Å²) in [5.74, 6) is -0.395. The van der Waals surface area contributed by atoms with E-state index in [-0.39, 0.29) is 0 Å². The highest BCUT2D eigenvalue weighted by molar-refractivity contribution is 5.42. The Morgan fingerprint density at radius 1 is 1.37 bits per heavy atom. The van der Waals surface area contributed by atoms with Gasteiger partial charge in [0, 0.05) is 17.6 Å². The number of nitriles is 1. The van der Waals surface area contributed by atoms with Crippen LogP contribution >= 0.6 is 0 Å². The second-order valence-corrected chi connectivity index (χ2v) is 5.79. The molecule has 2 heterocycles. The van der Waals surface area contributed by atoms with Crippen LogP contribution in [-0.4, -0.2) is 29.1 Å². The Hall–Kier alpha value is -1.44. The molecule has 1 aromatic rings. The molecule has 1 aromatic carbocycles. The molecule has 0 spiro atoms. The summed E-state index contributed by atoms with van der Waals surface area (Å²) < 4.78 is 13.5. The van der Waals surface area contributed by atoms with E-state index in [0.29, 0.717) is 36.1 Å². The number of aliphatic hydroxyl groups is 1. The van der Waals surface area contributed by atoms with Gasteiger partial charge in [0.1, 0.15) is 5.82 Å². The summed E-state index contributed by atoms with van der Waals surface area (Å²) in [6.07, 6.45) is 3.30. The van der Waals surface area contributed by atoms with Crippen molar-refractivity contribution in [2.75, 3.05) is 7.05 Å². The minimum absolute atomic E-state index is 0.332. The summed E-state index contributed by atoms with van der Waals surface area (Å²) in [7, 11) is 2.08. The van der Waals surface area contributed by atoms with E-state index in [1.165, 1.54) is 18.2 Å². The van der Waals surface area contributed by atoms with Gasteiger partial charge in [-0.15, -0.1) is 0 Å². The highest BCUT2D eigenvalue weighted by Crippen LogP contribution is 2.45. The Morgan fingerprint density at radius 3 is 2.58 bits per heavy atom. The molecule has 0 amide bonds. The second-order valence-electron chi connectivity index (χ2n) is 5.79. The first-order valence-corrected chi connectivity index (χ1v) is 6.68. The van der Waals surface area contributed by atoms with Crippen molar-refractivity contribution < 1.29 is 9.50 Å². The fraction of sp³-hybridized carbons (Fsp3) is 0.533. The van der Waals surface area contributed by atoms with Crippen LogP contribution in [0.3, 0.4) is 0 Å². The fourth-order valence-electron chi connectivity index (χ4n) is 3.66. The van der Waals surface area contributed by atoms with Crippen molar-refractivity contribution >= 4 is 0 Å². The molecule has 19 heavy (non-hydrogen) atoms. The standard InChI is InChI=1S/C15H17FN2O/c1-18-12-4-5-13(18)8-15(19,7-12)14-6-11(16)3-2-10(14)9-17/h2-3,6,12-13,19H,4-5,7-8H2,1H3. The Morgan fingerprint density at radius 2 is 2.00 bits per heavy atom. The number of hydrogen-bond donors (Lipinski definition) is 1. The van der Waals surface area contributed by atoms with Crippen LogP contribution in [0.2, 0.25) is 0 Å². The quantitative estimate of drug-likeness (QED) is 0.841. The van der Waals surface area contributed by atoms with Gasteiger partial charge in [-0.3, -0.25) is 0 Å². The lowest BCUT2D eigenvalue weighted by atomic mass is 9.79. The Balaban J connectivity index is 2.02. The van der Waals surface area contributed by atoms with Crippen LogP contribution < -0.4 is 0 Å². The zero-order valence-electron chi connectivity index (χ0n) is 10.9. The maximum Gasteiger partial charge on any atom is 0.123 e. The van der Waals surface area contributed by atoms with Crippen LogP contribution in [0.4, 0.5) is 4.39 Å². The Labute approximate surface area is 112 Å². The minimum atomic E-state index is -1.06. The van der Waals surface area contributed by atoms with E-state index in [9.17, 15) is 9.50 Å². The summed E-state index contributed by atoms with van der Waals surface area (Å²) >= 11 is 0. The molecule has 1 N–H and O–H groups in total. The number of rotatable bonds is 1. The van der Waals surface area contributed by atoms with Crippen molar-refractivity contribution in [2.45, 2.75) is 43.4 Å². The number of fused-ring (bicyclic) bond motifs is 2. The molecule has 100 valence electrons. The van der Waals surface area contributed by atoms with Crippen molar-refractivity contribution in [2.24, 2.45) is 0 Å². The van der Waals surface area contributed by atoms with Crippen molar-refractivity contribution in [1.82, 2.24) is 4.90 Å². The molecule has 2 atom stereocenters. The lowest BCUT2D eigenvalue weighted by Crippen LogP contribution is -2.48. The SMILES string of the molecule is CN1C2CCC1CC(O)(c1cc(F)ccc1C#N)C2. The average Bonchev–Trinajstić information content (AvgIpc) is 2.63. The summed E-state index contributed by atoms with van der Waals surface area (Å²) in [6.45, 7) is 0. The first-order valence-electron chi connectivity index (χ1n) is 6.68. The monoisotopic (exact) mass is 260 g/mol. The molecule has 2 aliphatic heterocycles. The molecule has 2 aliphatic rings. The van der Waals surface area contributed by atoms with E-state index in [2.05, 4.69) is 18.0 Å². The average molecular weight is 260 g/mol. The van der Waals surface area contributed by atoms with Crippen LogP contribution in [0.5, 0.6) is 0 Å². The highest BCUT2D eigenvalue weighted by Gasteiger charge is 2.47. The van der Waals surface area contributed by atoms with Crippen molar-refractivity contribution in [1.29, 1.82) is 5.26 Å². The topological polar surface area (TPSA) is 47.3 Å². The van der Waals surface area contributed by atoms with Gasteiger partial charge in [-0.2, -0.15) is 5.26 Å². The van der Waals surface area contributed by atoms with E-state index < -0.39 is 11.4 Å². The predicted octanol–water partition coefficient (Wildman–Crippen LogP) is 2.14.